The maximum Gasteiger partial charge on any atom is 0.259 e. The molecule has 0 aliphatic carbocycles. The molecule has 3 aromatic rings. The van der Waals surface area contributed by atoms with Crippen molar-refractivity contribution in [2.75, 3.05) is 13.2 Å². The van der Waals surface area contributed by atoms with Crippen LogP contribution in [0.4, 0.5) is 4.39 Å². The zero-order valence-electron chi connectivity index (χ0n) is 13.6. The molecule has 1 atom stereocenters. The van der Waals surface area contributed by atoms with Crippen LogP contribution in [0.5, 0.6) is 0 Å². The number of carbonyl (C=O) groups is 1. The van der Waals surface area contributed by atoms with Gasteiger partial charge in [-0.25, -0.2) is 9.37 Å². The molecule has 0 saturated carbocycles. The maximum absolute atomic E-state index is 13.2. The van der Waals surface area contributed by atoms with Crippen molar-refractivity contribution in [2.45, 2.75) is 19.4 Å². The van der Waals surface area contributed by atoms with E-state index in [0.29, 0.717) is 41.1 Å². The second-order valence-corrected chi connectivity index (χ2v) is 6.04. The maximum atomic E-state index is 13.2. The Hall–Kier alpha value is -2.80. The van der Waals surface area contributed by atoms with E-state index in [9.17, 15) is 9.18 Å². The number of pyridine rings is 1. The minimum absolute atomic E-state index is 0.00912. The Labute approximate surface area is 143 Å². The smallest absolute Gasteiger partial charge is 0.259 e. The number of benzene rings is 1. The molecule has 7 heteroatoms. The number of nitrogens with one attached hydrogen (secondary N) is 1. The molecule has 6 nitrogen and oxygen atoms in total. The SMILES string of the molecule is Cc1noc2nc(-c3ccc(F)cc3)cc(C(=O)N[C@@H]3CCOC3)c12. The van der Waals surface area contributed by atoms with Crippen molar-refractivity contribution in [1.82, 2.24) is 15.5 Å². The summed E-state index contributed by atoms with van der Waals surface area (Å²) in [7, 11) is 0. The summed E-state index contributed by atoms with van der Waals surface area (Å²) in [5.41, 5.74) is 2.54. The minimum atomic E-state index is -0.334. The first-order chi connectivity index (χ1) is 12.1. The number of aromatic nitrogens is 2. The topological polar surface area (TPSA) is 77.2 Å². The van der Waals surface area contributed by atoms with Gasteiger partial charge in [-0.1, -0.05) is 5.16 Å². The Morgan fingerprint density at radius 3 is 2.84 bits per heavy atom. The minimum Gasteiger partial charge on any atom is -0.379 e. The van der Waals surface area contributed by atoms with Crippen molar-refractivity contribution in [1.29, 1.82) is 0 Å². The van der Waals surface area contributed by atoms with E-state index < -0.39 is 0 Å². The van der Waals surface area contributed by atoms with Gasteiger partial charge < -0.3 is 14.6 Å². The van der Waals surface area contributed by atoms with Gasteiger partial charge in [-0.2, -0.15) is 0 Å². The van der Waals surface area contributed by atoms with Gasteiger partial charge in [-0.3, -0.25) is 4.79 Å². The second-order valence-electron chi connectivity index (χ2n) is 6.04. The molecule has 25 heavy (non-hydrogen) atoms. The Kier molecular flexibility index (Phi) is 3.93. The van der Waals surface area contributed by atoms with E-state index in [4.69, 9.17) is 9.26 Å². The Morgan fingerprint density at radius 1 is 1.32 bits per heavy atom. The van der Waals surface area contributed by atoms with Crippen molar-refractivity contribution in [3.63, 3.8) is 0 Å². The zero-order valence-corrected chi connectivity index (χ0v) is 13.6. The van der Waals surface area contributed by atoms with Gasteiger partial charge in [-0.15, -0.1) is 0 Å². The van der Waals surface area contributed by atoms with Crippen LogP contribution in [0.15, 0.2) is 34.9 Å². The van der Waals surface area contributed by atoms with Gasteiger partial charge in [0.25, 0.3) is 11.6 Å². The second kappa shape index (κ2) is 6.25. The Morgan fingerprint density at radius 2 is 2.12 bits per heavy atom. The number of hydrogen-bond donors (Lipinski definition) is 1. The number of hydrogen-bond acceptors (Lipinski definition) is 5. The van der Waals surface area contributed by atoms with Gasteiger partial charge in [0.15, 0.2) is 0 Å². The lowest BCUT2D eigenvalue weighted by molar-refractivity contribution is 0.0931. The first kappa shape index (κ1) is 15.7. The fourth-order valence-corrected chi connectivity index (χ4v) is 2.95. The van der Waals surface area contributed by atoms with Crippen LogP contribution in [0.3, 0.4) is 0 Å². The highest BCUT2D eigenvalue weighted by Crippen LogP contribution is 2.27. The lowest BCUT2D eigenvalue weighted by Crippen LogP contribution is -2.35. The van der Waals surface area contributed by atoms with Gasteiger partial charge >= 0.3 is 0 Å². The molecule has 0 radical (unpaired) electrons. The Balaban J connectivity index is 1.78. The van der Waals surface area contributed by atoms with Crippen LogP contribution in [0.25, 0.3) is 22.4 Å². The third-order valence-corrected chi connectivity index (χ3v) is 4.27. The highest BCUT2D eigenvalue weighted by molar-refractivity contribution is 6.07. The van der Waals surface area contributed by atoms with E-state index in [0.717, 1.165) is 6.42 Å². The average Bonchev–Trinajstić information content (AvgIpc) is 3.25. The molecule has 2 aromatic heterocycles. The predicted octanol–water partition coefficient (Wildman–Crippen LogP) is 2.86. The quantitative estimate of drug-likeness (QED) is 0.793. The van der Waals surface area contributed by atoms with Crippen LogP contribution in [0, 0.1) is 12.7 Å². The Bertz CT molecular complexity index is 931. The first-order valence-corrected chi connectivity index (χ1v) is 8.03. The number of fused-ring (bicyclic) bond motifs is 1. The normalized spacial score (nSPS) is 17.1. The highest BCUT2D eigenvalue weighted by Gasteiger charge is 2.23. The number of ether oxygens (including phenoxy) is 1. The largest absolute Gasteiger partial charge is 0.379 e. The van der Waals surface area contributed by atoms with E-state index in [1.165, 1.54) is 12.1 Å². The van der Waals surface area contributed by atoms with Crippen LogP contribution < -0.4 is 5.32 Å². The number of aryl methyl sites for hydroxylation is 1. The van der Waals surface area contributed by atoms with Crippen molar-refractivity contribution in [2.24, 2.45) is 0 Å². The number of nitrogens with zero attached hydrogens (tertiary/aromatic N) is 2. The van der Waals surface area contributed by atoms with Crippen molar-refractivity contribution in [3.05, 3.63) is 47.4 Å². The zero-order chi connectivity index (χ0) is 17.4. The summed E-state index contributed by atoms with van der Waals surface area (Å²) in [4.78, 5) is 17.2. The molecular weight excluding hydrogens is 325 g/mol. The molecule has 128 valence electrons. The summed E-state index contributed by atoms with van der Waals surface area (Å²) in [6, 6.07) is 7.60. The van der Waals surface area contributed by atoms with Gasteiger partial charge in [0.1, 0.15) is 5.82 Å². The third-order valence-electron chi connectivity index (χ3n) is 4.27. The van der Waals surface area contributed by atoms with E-state index >= 15 is 0 Å². The predicted molar refractivity (Wildman–Crippen MR) is 88.6 cm³/mol. The number of halogens is 1. The molecule has 1 aromatic carbocycles. The third kappa shape index (κ3) is 2.98. The molecule has 1 saturated heterocycles. The average molecular weight is 341 g/mol. The van der Waals surface area contributed by atoms with Crippen molar-refractivity contribution < 1.29 is 18.4 Å². The first-order valence-electron chi connectivity index (χ1n) is 8.03. The van der Waals surface area contributed by atoms with Gasteiger partial charge in [0.2, 0.25) is 0 Å². The van der Waals surface area contributed by atoms with Gasteiger partial charge in [0, 0.05) is 12.2 Å². The molecule has 1 aliphatic rings. The molecule has 1 amide bonds. The van der Waals surface area contributed by atoms with Crippen LogP contribution in [-0.2, 0) is 4.74 Å². The molecule has 0 unspecified atom stereocenters. The summed E-state index contributed by atoms with van der Waals surface area (Å²) >= 11 is 0. The van der Waals surface area contributed by atoms with E-state index in [1.807, 2.05) is 0 Å². The van der Waals surface area contributed by atoms with Gasteiger partial charge in [0.05, 0.1) is 35.0 Å². The summed E-state index contributed by atoms with van der Waals surface area (Å²) in [6.45, 7) is 2.91. The lowest BCUT2D eigenvalue weighted by Gasteiger charge is -2.12. The molecule has 1 fully saturated rings. The standard InChI is InChI=1S/C18H16FN3O3/c1-10-16-14(17(23)20-13-6-7-24-9-13)8-15(21-18(16)25-22-10)11-2-4-12(19)5-3-11/h2-5,8,13H,6-7,9H2,1H3,(H,20,23)/t13-/m1/s1. The summed E-state index contributed by atoms with van der Waals surface area (Å²) in [5.74, 6) is -0.558. The number of rotatable bonds is 3. The molecule has 1 aliphatic heterocycles. The van der Waals surface area contributed by atoms with E-state index in [2.05, 4.69) is 15.5 Å². The molecule has 1 N–H and O–H groups in total. The van der Waals surface area contributed by atoms with Crippen LogP contribution in [0.1, 0.15) is 22.5 Å². The lowest BCUT2D eigenvalue weighted by atomic mass is 10.0. The fourth-order valence-electron chi connectivity index (χ4n) is 2.95. The fraction of sp³-hybridized carbons (Fsp3) is 0.278. The molecular formula is C18H16FN3O3. The molecule has 3 heterocycles. The van der Waals surface area contributed by atoms with Crippen LogP contribution >= 0.6 is 0 Å². The molecule has 4 rings (SSSR count). The van der Waals surface area contributed by atoms with Gasteiger partial charge in [-0.05, 0) is 43.7 Å². The monoisotopic (exact) mass is 341 g/mol. The van der Waals surface area contributed by atoms with Crippen LogP contribution in [0.2, 0.25) is 0 Å². The van der Waals surface area contributed by atoms with Crippen molar-refractivity contribution in [3.8, 4) is 11.3 Å². The molecule has 0 spiro atoms. The van der Waals surface area contributed by atoms with Crippen molar-refractivity contribution >= 4 is 17.0 Å². The highest BCUT2D eigenvalue weighted by atomic mass is 19.1. The number of carbonyl (C=O) groups excluding carboxylic acids is 1. The summed E-state index contributed by atoms with van der Waals surface area (Å²) < 4.78 is 23.7. The summed E-state index contributed by atoms with van der Waals surface area (Å²) in [6.07, 6.45) is 0.785. The van der Waals surface area contributed by atoms with Crippen LogP contribution in [-0.4, -0.2) is 35.3 Å². The summed E-state index contributed by atoms with van der Waals surface area (Å²) in [5, 5.41) is 7.47. The molecule has 0 bridgehead atoms. The number of amides is 1. The van der Waals surface area contributed by atoms with E-state index in [1.54, 1.807) is 25.1 Å². The van der Waals surface area contributed by atoms with E-state index in [-0.39, 0.29) is 23.5 Å².